The van der Waals surface area contributed by atoms with Crippen LogP contribution in [0.1, 0.15) is 43.7 Å². The van der Waals surface area contributed by atoms with Crippen LogP contribution in [-0.2, 0) is 26.0 Å². The van der Waals surface area contributed by atoms with Crippen LogP contribution in [-0.4, -0.2) is 43.7 Å². The van der Waals surface area contributed by atoms with Gasteiger partial charge in [0.15, 0.2) is 0 Å². The summed E-state index contributed by atoms with van der Waals surface area (Å²) in [4.78, 5) is 26.7. The van der Waals surface area contributed by atoms with Gasteiger partial charge in [-0.2, -0.15) is 4.31 Å². The van der Waals surface area contributed by atoms with E-state index >= 15 is 0 Å². The van der Waals surface area contributed by atoms with Crippen LogP contribution in [0.4, 0.5) is 15.8 Å². The minimum atomic E-state index is -3.63. The van der Waals surface area contributed by atoms with Crippen molar-refractivity contribution < 1.29 is 22.4 Å². The summed E-state index contributed by atoms with van der Waals surface area (Å²) in [5.41, 5.74) is 2.03. The van der Waals surface area contributed by atoms with Crippen molar-refractivity contribution in [1.82, 2.24) is 4.31 Å². The Morgan fingerprint density at radius 3 is 2.67 bits per heavy atom. The second kappa shape index (κ2) is 9.23. The molecule has 0 aliphatic carbocycles. The van der Waals surface area contributed by atoms with Crippen LogP contribution >= 0.6 is 0 Å². The number of halogens is 1. The number of aryl methyl sites for hydroxylation is 2. The highest BCUT2D eigenvalue weighted by Gasteiger charge is 2.33. The number of hydrogen-bond acceptors (Lipinski definition) is 4. The third kappa shape index (κ3) is 4.79. The molecule has 33 heavy (non-hydrogen) atoms. The second-order valence-electron chi connectivity index (χ2n) is 8.74. The van der Waals surface area contributed by atoms with E-state index in [-0.39, 0.29) is 29.8 Å². The van der Waals surface area contributed by atoms with E-state index in [1.165, 1.54) is 17.0 Å². The van der Waals surface area contributed by atoms with E-state index < -0.39 is 21.7 Å². The Balaban J connectivity index is 1.55. The summed E-state index contributed by atoms with van der Waals surface area (Å²) < 4.78 is 41.8. The molecule has 9 heteroatoms. The van der Waals surface area contributed by atoms with E-state index in [2.05, 4.69) is 5.32 Å². The SMILES string of the molecule is Cc1ccc(NC(=O)CN2C(=O)CCc3cc(S(=O)(=O)N4CCCC[C@H]4C)ccc32)cc1F. The first kappa shape index (κ1) is 23.4. The van der Waals surface area contributed by atoms with Gasteiger partial charge < -0.3 is 10.2 Å². The highest BCUT2D eigenvalue weighted by atomic mass is 32.2. The van der Waals surface area contributed by atoms with E-state index in [1.807, 2.05) is 6.92 Å². The summed E-state index contributed by atoms with van der Waals surface area (Å²) in [5, 5.41) is 2.62. The van der Waals surface area contributed by atoms with Crippen molar-refractivity contribution in [1.29, 1.82) is 0 Å². The van der Waals surface area contributed by atoms with Crippen LogP contribution in [0.15, 0.2) is 41.3 Å². The molecule has 4 rings (SSSR count). The van der Waals surface area contributed by atoms with Crippen molar-refractivity contribution in [3.63, 3.8) is 0 Å². The predicted octanol–water partition coefficient (Wildman–Crippen LogP) is 3.62. The summed E-state index contributed by atoms with van der Waals surface area (Å²) in [7, 11) is -3.63. The number of carbonyl (C=O) groups excluding carboxylic acids is 2. The number of benzene rings is 2. The molecule has 2 aromatic rings. The summed E-state index contributed by atoms with van der Waals surface area (Å²) in [6.45, 7) is 3.82. The molecule has 176 valence electrons. The number of hydrogen-bond donors (Lipinski definition) is 1. The molecular formula is C24H28FN3O4S. The van der Waals surface area contributed by atoms with Gasteiger partial charge in [-0.25, -0.2) is 12.8 Å². The normalized spacial score (nSPS) is 19.3. The molecule has 2 aliphatic heterocycles. The smallest absolute Gasteiger partial charge is 0.244 e. The first-order valence-electron chi connectivity index (χ1n) is 11.2. The quantitative estimate of drug-likeness (QED) is 0.719. The molecule has 2 aromatic carbocycles. The molecule has 1 saturated heterocycles. The number of sulfonamides is 1. The number of fused-ring (bicyclic) bond motifs is 1. The van der Waals surface area contributed by atoms with Gasteiger partial charge in [0.25, 0.3) is 0 Å². The number of carbonyl (C=O) groups is 2. The standard InChI is InChI=1S/C24H28FN3O4S/c1-16-6-8-19(14-21(16)25)26-23(29)15-27-22-10-9-20(13-18(22)7-11-24(27)30)33(31,32)28-12-4-3-5-17(28)2/h6,8-10,13-14,17H,3-5,7,11-12,15H2,1-2H3,(H,26,29)/t17-/m1/s1. The largest absolute Gasteiger partial charge is 0.324 e. The Bertz CT molecular complexity index is 1200. The molecule has 7 nitrogen and oxygen atoms in total. The summed E-state index contributed by atoms with van der Waals surface area (Å²) in [6, 6.07) is 9.09. The van der Waals surface area contributed by atoms with Crippen molar-refractivity contribution in [2.75, 3.05) is 23.3 Å². The van der Waals surface area contributed by atoms with Crippen LogP contribution in [0, 0.1) is 12.7 Å². The lowest BCUT2D eigenvalue weighted by Gasteiger charge is -2.33. The number of nitrogens with zero attached hydrogens (tertiary/aromatic N) is 2. The zero-order valence-corrected chi connectivity index (χ0v) is 19.6. The van der Waals surface area contributed by atoms with E-state index in [4.69, 9.17) is 0 Å². The van der Waals surface area contributed by atoms with Gasteiger partial charge in [0.2, 0.25) is 21.8 Å². The fraction of sp³-hybridized carbons (Fsp3) is 0.417. The number of nitrogens with one attached hydrogen (secondary N) is 1. The van der Waals surface area contributed by atoms with Crippen LogP contribution in [0.3, 0.4) is 0 Å². The highest BCUT2D eigenvalue weighted by molar-refractivity contribution is 7.89. The maximum atomic E-state index is 13.8. The van der Waals surface area contributed by atoms with Crippen LogP contribution in [0.25, 0.3) is 0 Å². The number of piperidine rings is 1. The molecule has 1 fully saturated rings. The molecule has 1 N–H and O–H groups in total. The number of rotatable bonds is 5. The van der Waals surface area contributed by atoms with E-state index in [0.717, 1.165) is 24.8 Å². The Morgan fingerprint density at radius 2 is 1.94 bits per heavy atom. The van der Waals surface area contributed by atoms with Gasteiger partial charge >= 0.3 is 0 Å². The van der Waals surface area contributed by atoms with Gasteiger partial charge in [-0.3, -0.25) is 9.59 Å². The van der Waals surface area contributed by atoms with E-state index in [0.29, 0.717) is 29.9 Å². The minimum Gasteiger partial charge on any atom is -0.324 e. The van der Waals surface area contributed by atoms with Crippen LogP contribution in [0.2, 0.25) is 0 Å². The van der Waals surface area contributed by atoms with Gasteiger partial charge in [0, 0.05) is 30.4 Å². The Morgan fingerprint density at radius 1 is 1.15 bits per heavy atom. The van der Waals surface area contributed by atoms with Crippen LogP contribution in [0.5, 0.6) is 0 Å². The van der Waals surface area contributed by atoms with Gasteiger partial charge in [0.1, 0.15) is 12.4 Å². The van der Waals surface area contributed by atoms with Crippen molar-refractivity contribution >= 4 is 33.2 Å². The lowest BCUT2D eigenvalue weighted by molar-refractivity contribution is -0.121. The van der Waals surface area contributed by atoms with Crippen molar-refractivity contribution in [3.8, 4) is 0 Å². The first-order chi connectivity index (χ1) is 15.7. The van der Waals surface area contributed by atoms with Crippen LogP contribution < -0.4 is 10.2 Å². The monoisotopic (exact) mass is 473 g/mol. The third-order valence-electron chi connectivity index (χ3n) is 6.36. The third-order valence-corrected chi connectivity index (χ3v) is 8.37. The number of anilines is 2. The Hall–Kier alpha value is -2.78. The lowest BCUT2D eigenvalue weighted by Crippen LogP contribution is -2.42. The average molecular weight is 474 g/mol. The molecular weight excluding hydrogens is 445 g/mol. The van der Waals surface area contributed by atoms with E-state index in [1.54, 1.807) is 35.5 Å². The van der Waals surface area contributed by atoms with Gasteiger partial charge in [-0.1, -0.05) is 12.5 Å². The Labute approximate surface area is 193 Å². The predicted molar refractivity (Wildman–Crippen MR) is 124 cm³/mol. The molecule has 2 amide bonds. The van der Waals surface area contributed by atoms with E-state index in [9.17, 15) is 22.4 Å². The summed E-state index contributed by atoms with van der Waals surface area (Å²) >= 11 is 0. The molecule has 0 radical (unpaired) electrons. The fourth-order valence-corrected chi connectivity index (χ4v) is 6.20. The first-order valence-corrected chi connectivity index (χ1v) is 12.6. The lowest BCUT2D eigenvalue weighted by atomic mass is 10.0. The fourth-order valence-electron chi connectivity index (χ4n) is 4.45. The zero-order valence-electron chi connectivity index (χ0n) is 18.8. The van der Waals surface area contributed by atoms with Crippen molar-refractivity contribution in [3.05, 3.63) is 53.3 Å². The Kier molecular flexibility index (Phi) is 6.54. The molecule has 0 saturated carbocycles. The summed E-state index contributed by atoms with van der Waals surface area (Å²) in [5.74, 6) is -1.10. The molecule has 0 aromatic heterocycles. The topological polar surface area (TPSA) is 86.8 Å². The highest BCUT2D eigenvalue weighted by Crippen LogP contribution is 2.32. The second-order valence-corrected chi connectivity index (χ2v) is 10.6. The van der Waals surface area contributed by atoms with Crippen molar-refractivity contribution in [2.45, 2.75) is 56.9 Å². The summed E-state index contributed by atoms with van der Waals surface area (Å²) in [6.07, 6.45) is 3.30. The average Bonchev–Trinajstić information content (AvgIpc) is 2.78. The maximum Gasteiger partial charge on any atom is 0.244 e. The maximum absolute atomic E-state index is 13.8. The molecule has 2 heterocycles. The molecule has 0 unspecified atom stereocenters. The molecule has 0 bridgehead atoms. The number of amides is 2. The van der Waals surface area contributed by atoms with Crippen molar-refractivity contribution in [2.24, 2.45) is 0 Å². The van der Waals surface area contributed by atoms with Gasteiger partial charge in [-0.15, -0.1) is 0 Å². The minimum absolute atomic E-state index is 0.0480. The zero-order chi connectivity index (χ0) is 23.8. The molecule has 1 atom stereocenters. The molecule has 0 spiro atoms. The van der Waals surface area contributed by atoms with Gasteiger partial charge in [0.05, 0.1) is 4.90 Å². The van der Waals surface area contributed by atoms with Gasteiger partial charge in [-0.05, 0) is 74.6 Å². The molecule has 2 aliphatic rings.